The summed E-state index contributed by atoms with van der Waals surface area (Å²) >= 11 is 0. The van der Waals surface area contributed by atoms with E-state index in [1.165, 1.54) is 38.1 Å². The van der Waals surface area contributed by atoms with Gasteiger partial charge in [-0.25, -0.2) is 0 Å². The van der Waals surface area contributed by atoms with E-state index in [0.717, 1.165) is 55.5 Å². The number of benzene rings is 9. The van der Waals surface area contributed by atoms with Gasteiger partial charge < -0.3 is 9.32 Å². The minimum atomic E-state index is 0.903. The third-order valence-electron chi connectivity index (χ3n) is 10.0. The van der Waals surface area contributed by atoms with Crippen molar-refractivity contribution in [2.75, 3.05) is 4.90 Å². The molecule has 0 unspecified atom stereocenters. The van der Waals surface area contributed by atoms with Crippen molar-refractivity contribution in [2.45, 2.75) is 0 Å². The second-order valence-electron chi connectivity index (χ2n) is 12.9. The largest absolute Gasteiger partial charge is 0.455 e. The van der Waals surface area contributed by atoms with Crippen LogP contribution in [0.3, 0.4) is 0 Å². The topological polar surface area (TPSA) is 16.4 Å². The number of hydrogen-bond acceptors (Lipinski definition) is 2. The van der Waals surface area contributed by atoms with Crippen LogP contribution in [0.1, 0.15) is 0 Å². The first-order valence-electron chi connectivity index (χ1n) is 17.1. The minimum Gasteiger partial charge on any atom is -0.455 e. The Morgan fingerprint density at radius 1 is 0.320 bits per heavy atom. The molecule has 0 N–H and O–H groups in total. The van der Waals surface area contributed by atoms with E-state index >= 15 is 0 Å². The number of furan rings is 1. The summed E-state index contributed by atoms with van der Waals surface area (Å²) in [4.78, 5) is 2.40. The second-order valence-corrected chi connectivity index (χ2v) is 12.9. The Labute approximate surface area is 290 Å². The van der Waals surface area contributed by atoms with Gasteiger partial charge in [0.15, 0.2) is 0 Å². The highest BCUT2D eigenvalue weighted by atomic mass is 16.3. The highest BCUT2D eigenvalue weighted by Crippen LogP contribution is 2.43. The van der Waals surface area contributed by atoms with Crippen molar-refractivity contribution in [1.82, 2.24) is 0 Å². The fourth-order valence-corrected chi connectivity index (χ4v) is 7.59. The molecule has 0 atom stereocenters. The van der Waals surface area contributed by atoms with Crippen molar-refractivity contribution in [2.24, 2.45) is 0 Å². The van der Waals surface area contributed by atoms with Gasteiger partial charge in [0.2, 0.25) is 0 Å². The molecule has 0 spiro atoms. The molecule has 1 aromatic heterocycles. The molecule has 10 rings (SSSR count). The van der Waals surface area contributed by atoms with Crippen LogP contribution in [0, 0.1) is 0 Å². The molecule has 0 saturated carbocycles. The second kappa shape index (κ2) is 11.5. The summed E-state index contributed by atoms with van der Waals surface area (Å²) in [7, 11) is 0. The quantitative estimate of drug-likeness (QED) is 0.175. The average molecular weight is 638 g/mol. The van der Waals surface area contributed by atoms with Gasteiger partial charge in [-0.2, -0.15) is 0 Å². The fourth-order valence-electron chi connectivity index (χ4n) is 7.59. The van der Waals surface area contributed by atoms with Gasteiger partial charge in [-0.1, -0.05) is 140 Å². The van der Waals surface area contributed by atoms with E-state index in [-0.39, 0.29) is 0 Å². The predicted octanol–water partition coefficient (Wildman–Crippen LogP) is 13.8. The summed E-state index contributed by atoms with van der Waals surface area (Å²) in [6.45, 7) is 0. The maximum Gasteiger partial charge on any atom is 0.143 e. The summed E-state index contributed by atoms with van der Waals surface area (Å²) in [5.41, 5.74) is 9.84. The zero-order valence-corrected chi connectivity index (χ0v) is 27.3. The van der Waals surface area contributed by atoms with Gasteiger partial charge in [0.25, 0.3) is 0 Å². The maximum absolute atomic E-state index is 6.52. The molecule has 234 valence electrons. The summed E-state index contributed by atoms with van der Waals surface area (Å²) < 4.78 is 6.52. The van der Waals surface area contributed by atoms with Crippen LogP contribution >= 0.6 is 0 Å². The lowest BCUT2D eigenvalue weighted by Crippen LogP contribution is -2.10. The van der Waals surface area contributed by atoms with Crippen molar-refractivity contribution in [1.29, 1.82) is 0 Å². The van der Waals surface area contributed by atoms with E-state index in [2.05, 4.69) is 193 Å². The van der Waals surface area contributed by atoms with Crippen molar-refractivity contribution in [3.8, 4) is 22.3 Å². The third kappa shape index (κ3) is 4.65. The van der Waals surface area contributed by atoms with Crippen molar-refractivity contribution < 1.29 is 4.42 Å². The zero-order valence-electron chi connectivity index (χ0n) is 27.3. The van der Waals surface area contributed by atoms with Crippen LogP contribution in [0.5, 0.6) is 0 Å². The molecule has 0 aliphatic heterocycles. The van der Waals surface area contributed by atoms with E-state index in [1.54, 1.807) is 0 Å². The fraction of sp³-hybridized carbons (Fsp3) is 0. The van der Waals surface area contributed by atoms with Crippen molar-refractivity contribution in [3.63, 3.8) is 0 Å². The van der Waals surface area contributed by atoms with E-state index in [4.69, 9.17) is 4.42 Å². The van der Waals surface area contributed by atoms with Crippen LogP contribution in [0.15, 0.2) is 192 Å². The first kappa shape index (κ1) is 28.4. The smallest absolute Gasteiger partial charge is 0.143 e. The summed E-state index contributed by atoms with van der Waals surface area (Å²) in [5, 5.41) is 9.55. The molecule has 9 aromatic carbocycles. The molecule has 0 aliphatic rings. The standard InChI is InChI=1S/C48H31NO/c1-2-11-32(12-3-1)35-15-10-16-39(29-35)49(46-30-37-14-5-6-17-40(37)42-19-8-9-20-43(42)46)38-25-21-33(22-26-38)36-24-27-44-45-28-23-34-13-4-7-18-41(34)48(45)50-47(44)31-36/h1-31H. The first-order valence-corrected chi connectivity index (χ1v) is 17.1. The summed E-state index contributed by atoms with van der Waals surface area (Å²) in [6, 6.07) is 67.5. The van der Waals surface area contributed by atoms with Crippen LogP contribution in [0.2, 0.25) is 0 Å². The molecule has 0 fully saturated rings. The van der Waals surface area contributed by atoms with E-state index in [0.29, 0.717) is 0 Å². The number of hydrogen-bond donors (Lipinski definition) is 0. The monoisotopic (exact) mass is 637 g/mol. The van der Waals surface area contributed by atoms with Gasteiger partial charge in [0.05, 0.1) is 5.69 Å². The van der Waals surface area contributed by atoms with Crippen LogP contribution in [-0.4, -0.2) is 0 Å². The number of rotatable bonds is 5. The van der Waals surface area contributed by atoms with Gasteiger partial charge >= 0.3 is 0 Å². The number of nitrogens with zero attached hydrogens (tertiary/aromatic N) is 1. The van der Waals surface area contributed by atoms with Crippen LogP contribution < -0.4 is 4.90 Å². The Kier molecular flexibility index (Phi) is 6.53. The zero-order chi connectivity index (χ0) is 33.0. The lowest BCUT2D eigenvalue weighted by molar-refractivity contribution is 0.673. The predicted molar refractivity (Wildman–Crippen MR) is 212 cm³/mol. The summed E-state index contributed by atoms with van der Waals surface area (Å²) in [5.74, 6) is 0. The first-order chi connectivity index (χ1) is 24.8. The molecule has 10 aromatic rings. The Bertz CT molecular complexity index is 2870. The van der Waals surface area contributed by atoms with Gasteiger partial charge in [-0.05, 0) is 92.3 Å². The van der Waals surface area contributed by atoms with Crippen LogP contribution in [-0.2, 0) is 0 Å². The maximum atomic E-state index is 6.52. The Balaban J connectivity index is 1.12. The van der Waals surface area contributed by atoms with Crippen LogP contribution in [0.4, 0.5) is 17.1 Å². The van der Waals surface area contributed by atoms with Crippen LogP contribution in [0.25, 0.3) is 76.5 Å². The Hall–Kier alpha value is -6.64. The summed E-state index contributed by atoms with van der Waals surface area (Å²) in [6.07, 6.45) is 0. The lowest BCUT2D eigenvalue weighted by atomic mass is 9.98. The molecular weight excluding hydrogens is 607 g/mol. The molecule has 0 radical (unpaired) electrons. The van der Waals surface area contributed by atoms with E-state index in [9.17, 15) is 0 Å². The molecule has 0 aliphatic carbocycles. The third-order valence-corrected chi connectivity index (χ3v) is 10.0. The van der Waals surface area contributed by atoms with Gasteiger partial charge in [0, 0.05) is 32.9 Å². The van der Waals surface area contributed by atoms with Gasteiger partial charge in [-0.3, -0.25) is 0 Å². The number of anilines is 3. The number of fused-ring (bicyclic) bond motifs is 8. The molecule has 2 nitrogen and oxygen atoms in total. The molecule has 2 heteroatoms. The van der Waals surface area contributed by atoms with Crippen molar-refractivity contribution in [3.05, 3.63) is 188 Å². The SMILES string of the molecule is c1ccc(-c2cccc(N(c3ccc(-c4ccc5c(c4)oc4c6ccccc6ccc54)cc3)c3cc4ccccc4c4ccccc34)c2)cc1. The van der Waals surface area contributed by atoms with Gasteiger partial charge in [-0.15, -0.1) is 0 Å². The van der Waals surface area contributed by atoms with Gasteiger partial charge in [0.1, 0.15) is 11.2 Å². The Morgan fingerprint density at radius 2 is 0.940 bits per heavy atom. The van der Waals surface area contributed by atoms with E-state index in [1.807, 2.05) is 0 Å². The normalized spacial score (nSPS) is 11.6. The molecule has 1 heterocycles. The Morgan fingerprint density at radius 3 is 1.78 bits per heavy atom. The molecule has 50 heavy (non-hydrogen) atoms. The molecule has 0 saturated heterocycles. The minimum absolute atomic E-state index is 0.903. The highest BCUT2D eigenvalue weighted by molar-refractivity contribution is 6.16. The van der Waals surface area contributed by atoms with E-state index < -0.39 is 0 Å². The molecule has 0 bridgehead atoms. The molecular formula is C48H31NO. The average Bonchev–Trinajstić information content (AvgIpc) is 3.57. The van der Waals surface area contributed by atoms with Crippen molar-refractivity contribution >= 4 is 71.3 Å². The highest BCUT2D eigenvalue weighted by Gasteiger charge is 2.18. The molecule has 0 amide bonds. The lowest BCUT2D eigenvalue weighted by Gasteiger charge is -2.28.